The van der Waals surface area contributed by atoms with Crippen LogP contribution in [0.4, 0.5) is 24.8 Å². The van der Waals surface area contributed by atoms with E-state index in [0.717, 1.165) is 17.8 Å². The van der Waals surface area contributed by atoms with Gasteiger partial charge in [0.2, 0.25) is 5.95 Å². The molecule has 3 aromatic rings. The molecule has 2 aromatic heterocycles. The van der Waals surface area contributed by atoms with Gasteiger partial charge in [0.15, 0.2) is 17.5 Å². The molecular weight excluding hydrogens is 347 g/mol. The van der Waals surface area contributed by atoms with Gasteiger partial charge in [-0.3, -0.25) is 9.78 Å². The lowest BCUT2D eigenvalue weighted by molar-refractivity contribution is 0.102. The zero-order valence-corrected chi connectivity index (χ0v) is 13.2. The molecule has 0 spiro atoms. The van der Waals surface area contributed by atoms with Crippen molar-refractivity contribution in [1.82, 2.24) is 15.0 Å². The first-order valence-corrected chi connectivity index (χ1v) is 7.45. The Kier molecular flexibility index (Phi) is 5.07. The molecule has 0 radical (unpaired) electrons. The van der Waals surface area contributed by atoms with Crippen LogP contribution in [0, 0.1) is 17.5 Å². The third-order valence-corrected chi connectivity index (χ3v) is 3.35. The summed E-state index contributed by atoms with van der Waals surface area (Å²) in [7, 11) is 0. The summed E-state index contributed by atoms with van der Waals surface area (Å²) in [6.07, 6.45) is 4.10. The summed E-state index contributed by atoms with van der Waals surface area (Å²) in [6.45, 7) is 0.395. The molecule has 2 N–H and O–H groups in total. The van der Waals surface area contributed by atoms with Gasteiger partial charge in [-0.2, -0.15) is 0 Å². The lowest BCUT2D eigenvalue weighted by Crippen LogP contribution is -2.15. The number of rotatable bonds is 5. The fourth-order valence-electron chi connectivity index (χ4n) is 2.03. The first-order valence-electron chi connectivity index (χ1n) is 7.45. The van der Waals surface area contributed by atoms with Crippen LogP contribution in [0.15, 0.2) is 48.9 Å². The maximum atomic E-state index is 13.6. The summed E-state index contributed by atoms with van der Waals surface area (Å²) in [5.41, 5.74) is 0.329. The van der Waals surface area contributed by atoms with E-state index in [2.05, 4.69) is 25.6 Å². The standard InChI is InChI=1S/C17H12F3N5O/c18-12-4-5-13(15(20)14(12)19)25-16(26)10-7-22-17(23-8-10)24-9-11-3-1-2-6-21-11/h1-8H,9H2,(H,25,26)(H,22,23,24). The minimum atomic E-state index is -1.66. The Balaban J connectivity index is 1.64. The van der Waals surface area contributed by atoms with Gasteiger partial charge in [-0.15, -0.1) is 0 Å². The van der Waals surface area contributed by atoms with Crippen LogP contribution in [0.3, 0.4) is 0 Å². The van der Waals surface area contributed by atoms with Crippen molar-refractivity contribution in [3.8, 4) is 0 Å². The molecule has 0 unspecified atom stereocenters. The number of hydrogen-bond acceptors (Lipinski definition) is 5. The molecule has 0 aliphatic carbocycles. The van der Waals surface area contributed by atoms with Crippen LogP contribution in [-0.4, -0.2) is 20.9 Å². The molecule has 1 amide bonds. The van der Waals surface area contributed by atoms with Crippen molar-refractivity contribution in [2.75, 3.05) is 10.6 Å². The Morgan fingerprint density at radius 2 is 1.73 bits per heavy atom. The molecule has 2 heterocycles. The Labute approximate surface area is 146 Å². The van der Waals surface area contributed by atoms with Gasteiger partial charge < -0.3 is 10.6 Å². The van der Waals surface area contributed by atoms with Crippen LogP contribution in [-0.2, 0) is 6.54 Å². The average Bonchev–Trinajstić information content (AvgIpc) is 2.68. The smallest absolute Gasteiger partial charge is 0.258 e. The molecule has 0 fully saturated rings. The maximum Gasteiger partial charge on any atom is 0.258 e. The molecule has 132 valence electrons. The second-order valence-corrected chi connectivity index (χ2v) is 5.15. The first kappa shape index (κ1) is 17.3. The van der Waals surface area contributed by atoms with E-state index in [4.69, 9.17) is 0 Å². The molecule has 0 aliphatic rings. The second-order valence-electron chi connectivity index (χ2n) is 5.15. The number of amides is 1. The third kappa shape index (κ3) is 3.94. The van der Waals surface area contributed by atoms with Crippen molar-refractivity contribution in [2.45, 2.75) is 6.54 Å². The number of pyridine rings is 1. The van der Waals surface area contributed by atoms with E-state index in [1.54, 1.807) is 12.3 Å². The van der Waals surface area contributed by atoms with Crippen LogP contribution in [0.2, 0.25) is 0 Å². The number of carbonyl (C=O) groups excluding carboxylic acids is 1. The van der Waals surface area contributed by atoms with E-state index in [1.165, 1.54) is 12.4 Å². The molecular formula is C17H12F3N5O. The highest BCUT2D eigenvalue weighted by atomic mass is 19.2. The maximum absolute atomic E-state index is 13.6. The van der Waals surface area contributed by atoms with E-state index in [1.807, 2.05) is 12.1 Å². The number of nitrogens with zero attached hydrogens (tertiary/aromatic N) is 3. The van der Waals surface area contributed by atoms with Gasteiger partial charge in [-0.25, -0.2) is 23.1 Å². The molecule has 3 rings (SSSR count). The van der Waals surface area contributed by atoms with Gasteiger partial charge in [0.05, 0.1) is 23.5 Å². The van der Waals surface area contributed by atoms with Crippen LogP contribution in [0.25, 0.3) is 0 Å². The van der Waals surface area contributed by atoms with E-state index >= 15 is 0 Å². The topological polar surface area (TPSA) is 79.8 Å². The predicted octanol–water partition coefficient (Wildman–Crippen LogP) is 3.15. The molecule has 6 nitrogen and oxygen atoms in total. The molecule has 0 aliphatic heterocycles. The van der Waals surface area contributed by atoms with Crippen molar-refractivity contribution < 1.29 is 18.0 Å². The number of anilines is 2. The van der Waals surface area contributed by atoms with Gasteiger partial charge in [0.1, 0.15) is 0 Å². The van der Waals surface area contributed by atoms with Crippen LogP contribution in [0.1, 0.15) is 16.1 Å². The SMILES string of the molecule is O=C(Nc1ccc(F)c(F)c1F)c1cnc(NCc2ccccn2)nc1. The Bertz CT molecular complexity index is 920. The van der Waals surface area contributed by atoms with Crippen LogP contribution >= 0.6 is 0 Å². The summed E-state index contributed by atoms with van der Waals surface area (Å²) in [5, 5.41) is 5.07. The molecule has 26 heavy (non-hydrogen) atoms. The average molecular weight is 359 g/mol. The van der Waals surface area contributed by atoms with Gasteiger partial charge in [0, 0.05) is 18.6 Å². The van der Waals surface area contributed by atoms with Gasteiger partial charge in [-0.05, 0) is 24.3 Å². The van der Waals surface area contributed by atoms with Crippen molar-refractivity contribution in [3.05, 3.63) is 77.6 Å². The monoisotopic (exact) mass is 359 g/mol. The quantitative estimate of drug-likeness (QED) is 0.684. The first-order chi connectivity index (χ1) is 12.5. The number of halogens is 3. The zero-order valence-electron chi connectivity index (χ0n) is 13.2. The molecule has 0 saturated carbocycles. The largest absolute Gasteiger partial charge is 0.349 e. The van der Waals surface area contributed by atoms with E-state index in [0.29, 0.717) is 6.54 Å². The third-order valence-electron chi connectivity index (χ3n) is 3.35. The number of benzene rings is 1. The van der Waals surface area contributed by atoms with Crippen molar-refractivity contribution >= 4 is 17.5 Å². The molecule has 0 bridgehead atoms. The number of hydrogen-bond donors (Lipinski definition) is 2. The van der Waals surface area contributed by atoms with Crippen molar-refractivity contribution in [3.63, 3.8) is 0 Å². The molecule has 9 heteroatoms. The molecule has 1 aromatic carbocycles. The minimum absolute atomic E-state index is 0.0255. The summed E-state index contributed by atoms with van der Waals surface area (Å²) in [6, 6.07) is 7.11. The lowest BCUT2D eigenvalue weighted by atomic mass is 10.2. The zero-order chi connectivity index (χ0) is 18.5. The predicted molar refractivity (Wildman–Crippen MR) is 87.9 cm³/mol. The fraction of sp³-hybridized carbons (Fsp3) is 0.0588. The highest BCUT2D eigenvalue weighted by molar-refractivity contribution is 6.03. The van der Waals surface area contributed by atoms with Crippen molar-refractivity contribution in [2.24, 2.45) is 0 Å². The van der Waals surface area contributed by atoms with Gasteiger partial charge in [-0.1, -0.05) is 6.07 Å². The van der Waals surface area contributed by atoms with Crippen LogP contribution in [0.5, 0.6) is 0 Å². The Hall–Kier alpha value is -3.49. The van der Waals surface area contributed by atoms with E-state index < -0.39 is 29.0 Å². The molecule has 0 saturated heterocycles. The van der Waals surface area contributed by atoms with E-state index in [-0.39, 0.29) is 11.5 Å². The van der Waals surface area contributed by atoms with Gasteiger partial charge >= 0.3 is 0 Å². The molecule has 0 atom stereocenters. The van der Waals surface area contributed by atoms with Gasteiger partial charge in [0.25, 0.3) is 5.91 Å². The Morgan fingerprint density at radius 1 is 0.962 bits per heavy atom. The number of carbonyl (C=O) groups is 1. The van der Waals surface area contributed by atoms with Crippen molar-refractivity contribution in [1.29, 1.82) is 0 Å². The number of nitrogens with one attached hydrogen (secondary N) is 2. The Morgan fingerprint density at radius 3 is 2.42 bits per heavy atom. The summed E-state index contributed by atoms with van der Waals surface area (Å²) < 4.78 is 39.7. The summed E-state index contributed by atoms with van der Waals surface area (Å²) >= 11 is 0. The highest BCUT2D eigenvalue weighted by Crippen LogP contribution is 2.20. The summed E-state index contributed by atoms with van der Waals surface area (Å²) in [4.78, 5) is 24.1. The highest BCUT2D eigenvalue weighted by Gasteiger charge is 2.16. The van der Waals surface area contributed by atoms with E-state index in [9.17, 15) is 18.0 Å². The normalized spacial score (nSPS) is 10.4. The summed E-state index contributed by atoms with van der Waals surface area (Å²) in [5.74, 6) is -4.97. The fourth-order valence-corrected chi connectivity index (χ4v) is 2.03. The number of aromatic nitrogens is 3. The second kappa shape index (κ2) is 7.60. The lowest BCUT2D eigenvalue weighted by Gasteiger charge is -2.08. The minimum Gasteiger partial charge on any atom is -0.349 e. The van der Waals surface area contributed by atoms with Crippen LogP contribution < -0.4 is 10.6 Å².